The Morgan fingerprint density at radius 1 is 1.64 bits per heavy atom. The summed E-state index contributed by atoms with van der Waals surface area (Å²) < 4.78 is 5.25. The zero-order chi connectivity index (χ0) is 8.27. The lowest BCUT2D eigenvalue weighted by Gasteiger charge is -2.37. The van der Waals surface area contributed by atoms with Gasteiger partial charge in [-0.2, -0.15) is 0 Å². The largest absolute Gasteiger partial charge is 0.395 e. The minimum Gasteiger partial charge on any atom is -0.395 e. The molecule has 3 nitrogen and oxygen atoms in total. The van der Waals surface area contributed by atoms with Gasteiger partial charge in [0.15, 0.2) is 0 Å². The first-order valence-electron chi connectivity index (χ1n) is 4.20. The van der Waals surface area contributed by atoms with E-state index in [9.17, 15) is 0 Å². The van der Waals surface area contributed by atoms with Gasteiger partial charge in [-0.05, 0) is 13.8 Å². The van der Waals surface area contributed by atoms with Crippen LogP contribution in [0.1, 0.15) is 13.8 Å². The van der Waals surface area contributed by atoms with Crippen LogP contribution in [0, 0.1) is 0 Å². The molecule has 1 rings (SSSR count). The summed E-state index contributed by atoms with van der Waals surface area (Å²) >= 11 is 0. The molecule has 0 aromatic rings. The number of nitrogens with zero attached hydrogens (tertiary/aromatic N) is 1. The van der Waals surface area contributed by atoms with Crippen molar-refractivity contribution in [2.24, 2.45) is 0 Å². The zero-order valence-electron chi connectivity index (χ0n) is 7.29. The van der Waals surface area contributed by atoms with Crippen LogP contribution in [0.3, 0.4) is 0 Å². The molecule has 0 aromatic heterocycles. The van der Waals surface area contributed by atoms with Gasteiger partial charge in [0, 0.05) is 12.6 Å². The van der Waals surface area contributed by atoms with Gasteiger partial charge in [0.05, 0.1) is 25.9 Å². The van der Waals surface area contributed by atoms with Gasteiger partial charge in [0.2, 0.25) is 0 Å². The van der Waals surface area contributed by atoms with Crippen LogP contribution in [0.5, 0.6) is 0 Å². The van der Waals surface area contributed by atoms with E-state index in [2.05, 4.69) is 18.7 Å². The number of rotatable bonds is 2. The standard InChI is InChI=1S/C8H17NO2/c1-7(2)9-3-4-11-6-8(9)5-10/h7-8,10H,3-6H2,1-2H3/t8-/m0/s1. The Labute approximate surface area is 68.0 Å². The molecule has 1 saturated heterocycles. The van der Waals surface area contributed by atoms with Crippen molar-refractivity contribution in [3.05, 3.63) is 0 Å². The van der Waals surface area contributed by atoms with E-state index >= 15 is 0 Å². The summed E-state index contributed by atoms with van der Waals surface area (Å²) in [7, 11) is 0. The van der Waals surface area contributed by atoms with Gasteiger partial charge in [0.25, 0.3) is 0 Å². The zero-order valence-corrected chi connectivity index (χ0v) is 7.29. The lowest BCUT2D eigenvalue weighted by Crippen LogP contribution is -2.50. The van der Waals surface area contributed by atoms with Crippen LogP contribution in [0.2, 0.25) is 0 Å². The monoisotopic (exact) mass is 159 g/mol. The SMILES string of the molecule is CC(C)N1CCOC[C@@H]1CO. The van der Waals surface area contributed by atoms with E-state index in [1.54, 1.807) is 0 Å². The third-order valence-corrected chi connectivity index (χ3v) is 2.15. The Bertz CT molecular complexity index is 117. The molecule has 0 aliphatic carbocycles. The van der Waals surface area contributed by atoms with E-state index in [-0.39, 0.29) is 12.6 Å². The molecule has 0 aromatic carbocycles. The molecule has 1 aliphatic heterocycles. The molecule has 0 amide bonds. The molecule has 0 radical (unpaired) electrons. The van der Waals surface area contributed by atoms with E-state index in [0.717, 1.165) is 13.2 Å². The Hall–Kier alpha value is -0.120. The number of morpholine rings is 1. The maximum absolute atomic E-state index is 8.99. The molecule has 1 aliphatic rings. The second-order valence-corrected chi connectivity index (χ2v) is 3.24. The van der Waals surface area contributed by atoms with Crippen molar-refractivity contribution in [2.75, 3.05) is 26.4 Å². The molecule has 1 atom stereocenters. The number of hydrogen-bond acceptors (Lipinski definition) is 3. The Morgan fingerprint density at radius 3 is 2.82 bits per heavy atom. The van der Waals surface area contributed by atoms with Crippen LogP contribution >= 0.6 is 0 Å². The van der Waals surface area contributed by atoms with Gasteiger partial charge in [-0.15, -0.1) is 0 Å². The molecule has 3 heteroatoms. The molecule has 66 valence electrons. The summed E-state index contributed by atoms with van der Waals surface area (Å²) in [4.78, 5) is 2.28. The van der Waals surface area contributed by atoms with Crippen LogP contribution in [0.25, 0.3) is 0 Å². The molecule has 0 unspecified atom stereocenters. The van der Waals surface area contributed by atoms with Crippen molar-refractivity contribution < 1.29 is 9.84 Å². The topological polar surface area (TPSA) is 32.7 Å². The average molecular weight is 159 g/mol. The molecule has 1 heterocycles. The maximum Gasteiger partial charge on any atom is 0.0644 e. The predicted molar refractivity (Wildman–Crippen MR) is 43.5 cm³/mol. The second kappa shape index (κ2) is 4.04. The van der Waals surface area contributed by atoms with Gasteiger partial charge < -0.3 is 9.84 Å². The van der Waals surface area contributed by atoms with Crippen LogP contribution in [-0.2, 0) is 4.74 Å². The van der Waals surface area contributed by atoms with Crippen LogP contribution < -0.4 is 0 Å². The summed E-state index contributed by atoms with van der Waals surface area (Å²) in [5.41, 5.74) is 0. The molecule has 11 heavy (non-hydrogen) atoms. The Morgan fingerprint density at radius 2 is 2.36 bits per heavy atom. The molecule has 0 bridgehead atoms. The minimum absolute atomic E-state index is 0.207. The third-order valence-electron chi connectivity index (χ3n) is 2.15. The lowest BCUT2D eigenvalue weighted by molar-refractivity contribution is -0.0409. The number of hydrogen-bond donors (Lipinski definition) is 1. The minimum atomic E-state index is 0.207. The molecule has 0 spiro atoms. The van der Waals surface area contributed by atoms with Crippen molar-refractivity contribution >= 4 is 0 Å². The van der Waals surface area contributed by atoms with E-state index in [1.165, 1.54) is 0 Å². The number of aliphatic hydroxyl groups excluding tert-OH is 1. The fraction of sp³-hybridized carbons (Fsp3) is 1.00. The van der Waals surface area contributed by atoms with E-state index in [0.29, 0.717) is 12.6 Å². The number of aliphatic hydroxyl groups is 1. The van der Waals surface area contributed by atoms with Gasteiger partial charge in [-0.25, -0.2) is 0 Å². The van der Waals surface area contributed by atoms with Crippen molar-refractivity contribution in [1.29, 1.82) is 0 Å². The summed E-state index contributed by atoms with van der Waals surface area (Å²) in [6, 6.07) is 0.722. The third kappa shape index (κ3) is 2.15. The van der Waals surface area contributed by atoms with Crippen molar-refractivity contribution in [1.82, 2.24) is 4.90 Å². The van der Waals surface area contributed by atoms with Crippen LogP contribution in [-0.4, -0.2) is 48.5 Å². The van der Waals surface area contributed by atoms with Gasteiger partial charge in [-0.3, -0.25) is 4.90 Å². The highest BCUT2D eigenvalue weighted by atomic mass is 16.5. The molecule has 1 N–H and O–H groups in total. The average Bonchev–Trinajstić information content (AvgIpc) is 2.04. The summed E-state index contributed by atoms with van der Waals surface area (Å²) in [5.74, 6) is 0. The van der Waals surface area contributed by atoms with Crippen LogP contribution in [0.4, 0.5) is 0 Å². The van der Waals surface area contributed by atoms with Gasteiger partial charge >= 0.3 is 0 Å². The van der Waals surface area contributed by atoms with E-state index in [4.69, 9.17) is 9.84 Å². The van der Waals surface area contributed by atoms with E-state index < -0.39 is 0 Å². The highest BCUT2D eigenvalue weighted by Crippen LogP contribution is 2.09. The molecule has 0 saturated carbocycles. The van der Waals surface area contributed by atoms with Crippen molar-refractivity contribution in [2.45, 2.75) is 25.9 Å². The molecular formula is C8H17NO2. The lowest BCUT2D eigenvalue weighted by atomic mass is 10.2. The summed E-state index contributed by atoms with van der Waals surface area (Å²) in [6.07, 6.45) is 0. The Balaban J connectivity index is 2.44. The van der Waals surface area contributed by atoms with Crippen molar-refractivity contribution in [3.63, 3.8) is 0 Å². The molecule has 1 fully saturated rings. The number of ether oxygens (including phenoxy) is 1. The summed E-state index contributed by atoms with van der Waals surface area (Å²) in [6.45, 7) is 6.92. The highest BCUT2D eigenvalue weighted by molar-refractivity contribution is 4.76. The fourth-order valence-corrected chi connectivity index (χ4v) is 1.51. The maximum atomic E-state index is 8.99. The first kappa shape index (κ1) is 8.97. The van der Waals surface area contributed by atoms with E-state index in [1.807, 2.05) is 0 Å². The first-order chi connectivity index (χ1) is 5.25. The first-order valence-corrected chi connectivity index (χ1v) is 4.20. The van der Waals surface area contributed by atoms with Crippen LogP contribution in [0.15, 0.2) is 0 Å². The highest BCUT2D eigenvalue weighted by Gasteiger charge is 2.23. The smallest absolute Gasteiger partial charge is 0.0644 e. The quantitative estimate of drug-likeness (QED) is 0.619. The fourth-order valence-electron chi connectivity index (χ4n) is 1.51. The molecular weight excluding hydrogens is 142 g/mol. The summed E-state index contributed by atoms with van der Waals surface area (Å²) in [5, 5.41) is 8.99. The predicted octanol–water partition coefficient (Wildman–Crippen LogP) is 0.0879. The van der Waals surface area contributed by atoms with Crippen molar-refractivity contribution in [3.8, 4) is 0 Å². The Kier molecular flexibility index (Phi) is 3.30. The second-order valence-electron chi connectivity index (χ2n) is 3.24. The van der Waals surface area contributed by atoms with Gasteiger partial charge in [0.1, 0.15) is 0 Å². The normalized spacial score (nSPS) is 27.8. The van der Waals surface area contributed by atoms with Gasteiger partial charge in [-0.1, -0.05) is 0 Å².